The van der Waals surface area contributed by atoms with Crippen molar-refractivity contribution in [1.29, 1.82) is 0 Å². The Bertz CT molecular complexity index is 334. The summed E-state index contributed by atoms with van der Waals surface area (Å²) in [5.41, 5.74) is 7.18. The fourth-order valence-electron chi connectivity index (χ4n) is 2.57. The topological polar surface area (TPSA) is 47.3 Å². The molecule has 88 valence electrons. The fraction of sp³-hybridized carbons (Fsp3) is 0.538. The Balaban J connectivity index is 2.24. The molecule has 2 rings (SSSR count). The van der Waals surface area contributed by atoms with Gasteiger partial charge in [-0.1, -0.05) is 18.2 Å². The van der Waals surface area contributed by atoms with Gasteiger partial charge in [-0.3, -0.25) is 0 Å². The second-order valence-corrected chi connectivity index (χ2v) is 4.34. The van der Waals surface area contributed by atoms with E-state index in [4.69, 9.17) is 10.5 Å². The lowest BCUT2D eigenvalue weighted by molar-refractivity contribution is 0.390. The first kappa shape index (κ1) is 11.4. The van der Waals surface area contributed by atoms with Crippen LogP contribution in [0.25, 0.3) is 0 Å². The summed E-state index contributed by atoms with van der Waals surface area (Å²) in [6, 6.07) is 8.21. The van der Waals surface area contributed by atoms with Crippen LogP contribution in [-0.2, 0) is 0 Å². The molecule has 0 amide bonds. The van der Waals surface area contributed by atoms with Crippen LogP contribution in [0.4, 0.5) is 0 Å². The minimum Gasteiger partial charge on any atom is -0.496 e. The molecule has 3 heteroatoms. The molecule has 0 aliphatic carbocycles. The van der Waals surface area contributed by atoms with E-state index in [1.807, 2.05) is 12.1 Å². The zero-order valence-corrected chi connectivity index (χ0v) is 9.78. The van der Waals surface area contributed by atoms with Gasteiger partial charge in [-0.05, 0) is 43.6 Å². The molecule has 0 aromatic heterocycles. The largest absolute Gasteiger partial charge is 0.496 e. The lowest BCUT2D eigenvalue weighted by atomic mass is 9.85. The van der Waals surface area contributed by atoms with E-state index in [0.29, 0.717) is 18.4 Å². The molecule has 3 N–H and O–H groups in total. The Morgan fingerprint density at radius 3 is 2.94 bits per heavy atom. The number of methoxy groups -OCH3 is 1. The standard InChI is InChI=1S/C13H20N2O/c1-16-13-5-3-2-4-11(13)12(8-14)10-6-7-15-9-10/h2-5,10,12,15H,6-9,14H2,1H3. The van der Waals surface area contributed by atoms with Crippen molar-refractivity contribution in [2.24, 2.45) is 11.7 Å². The zero-order chi connectivity index (χ0) is 11.4. The van der Waals surface area contributed by atoms with Crippen molar-refractivity contribution in [3.63, 3.8) is 0 Å². The maximum absolute atomic E-state index is 5.92. The van der Waals surface area contributed by atoms with E-state index in [1.165, 1.54) is 12.0 Å². The van der Waals surface area contributed by atoms with E-state index in [1.54, 1.807) is 7.11 Å². The lowest BCUT2D eigenvalue weighted by Gasteiger charge is -2.23. The summed E-state index contributed by atoms with van der Waals surface area (Å²) in [5, 5.41) is 3.40. The number of rotatable bonds is 4. The predicted molar refractivity (Wildman–Crippen MR) is 65.8 cm³/mol. The normalized spacial score (nSPS) is 22.0. The molecular formula is C13H20N2O. The maximum Gasteiger partial charge on any atom is 0.122 e. The molecule has 1 aromatic carbocycles. The summed E-state index contributed by atoms with van der Waals surface area (Å²) in [5.74, 6) is 2.01. The molecule has 0 radical (unpaired) electrons. The molecular weight excluding hydrogens is 200 g/mol. The third-order valence-electron chi connectivity index (χ3n) is 3.46. The molecule has 0 saturated carbocycles. The van der Waals surface area contributed by atoms with Gasteiger partial charge in [0, 0.05) is 5.92 Å². The minimum absolute atomic E-state index is 0.408. The first-order valence-corrected chi connectivity index (χ1v) is 5.90. The molecule has 1 heterocycles. The smallest absolute Gasteiger partial charge is 0.122 e. The van der Waals surface area contributed by atoms with E-state index in [2.05, 4.69) is 17.4 Å². The van der Waals surface area contributed by atoms with Crippen LogP contribution in [0.5, 0.6) is 5.75 Å². The second kappa shape index (κ2) is 5.32. The number of para-hydroxylation sites is 1. The molecule has 1 fully saturated rings. The SMILES string of the molecule is COc1ccccc1C(CN)C1CCNC1. The molecule has 16 heavy (non-hydrogen) atoms. The first-order chi connectivity index (χ1) is 7.86. The predicted octanol–water partition coefficient (Wildman–Crippen LogP) is 1.35. The van der Waals surface area contributed by atoms with Crippen molar-refractivity contribution in [2.45, 2.75) is 12.3 Å². The van der Waals surface area contributed by atoms with E-state index in [-0.39, 0.29) is 0 Å². The van der Waals surface area contributed by atoms with Crippen molar-refractivity contribution < 1.29 is 4.74 Å². The third kappa shape index (κ3) is 2.20. The summed E-state index contributed by atoms with van der Waals surface area (Å²) < 4.78 is 5.41. The van der Waals surface area contributed by atoms with E-state index < -0.39 is 0 Å². The van der Waals surface area contributed by atoms with Crippen LogP contribution in [0.2, 0.25) is 0 Å². The van der Waals surface area contributed by atoms with Crippen molar-refractivity contribution in [3.8, 4) is 5.75 Å². The van der Waals surface area contributed by atoms with Crippen LogP contribution in [0.3, 0.4) is 0 Å². The van der Waals surface area contributed by atoms with Gasteiger partial charge in [0.25, 0.3) is 0 Å². The highest BCUT2D eigenvalue weighted by Gasteiger charge is 2.26. The zero-order valence-electron chi connectivity index (χ0n) is 9.78. The first-order valence-electron chi connectivity index (χ1n) is 5.90. The van der Waals surface area contributed by atoms with Crippen LogP contribution in [0.15, 0.2) is 24.3 Å². The Kier molecular flexibility index (Phi) is 3.80. The summed E-state index contributed by atoms with van der Waals surface area (Å²) in [6.07, 6.45) is 1.21. The third-order valence-corrected chi connectivity index (χ3v) is 3.46. The monoisotopic (exact) mass is 220 g/mol. The summed E-state index contributed by atoms with van der Waals surface area (Å²) >= 11 is 0. The number of hydrogen-bond donors (Lipinski definition) is 2. The van der Waals surface area contributed by atoms with Gasteiger partial charge in [-0.2, -0.15) is 0 Å². The minimum atomic E-state index is 0.408. The fourth-order valence-corrected chi connectivity index (χ4v) is 2.57. The Labute approximate surface area is 97.0 Å². The Hall–Kier alpha value is -1.06. The average Bonchev–Trinajstić information content (AvgIpc) is 2.84. The average molecular weight is 220 g/mol. The van der Waals surface area contributed by atoms with Gasteiger partial charge in [-0.15, -0.1) is 0 Å². The quantitative estimate of drug-likeness (QED) is 0.805. The van der Waals surface area contributed by atoms with Gasteiger partial charge in [-0.25, -0.2) is 0 Å². The van der Waals surface area contributed by atoms with Gasteiger partial charge in [0.1, 0.15) is 5.75 Å². The van der Waals surface area contributed by atoms with Gasteiger partial charge in [0.05, 0.1) is 7.11 Å². The highest BCUT2D eigenvalue weighted by molar-refractivity contribution is 5.37. The van der Waals surface area contributed by atoms with Crippen LogP contribution in [0, 0.1) is 5.92 Å². The van der Waals surface area contributed by atoms with Crippen molar-refractivity contribution in [1.82, 2.24) is 5.32 Å². The number of nitrogens with two attached hydrogens (primary N) is 1. The van der Waals surface area contributed by atoms with Crippen molar-refractivity contribution >= 4 is 0 Å². The van der Waals surface area contributed by atoms with Crippen LogP contribution >= 0.6 is 0 Å². The van der Waals surface area contributed by atoms with E-state index in [9.17, 15) is 0 Å². The summed E-state index contributed by atoms with van der Waals surface area (Å²) in [7, 11) is 1.72. The van der Waals surface area contributed by atoms with Crippen LogP contribution in [0.1, 0.15) is 17.9 Å². The second-order valence-electron chi connectivity index (χ2n) is 4.34. The van der Waals surface area contributed by atoms with Crippen molar-refractivity contribution in [3.05, 3.63) is 29.8 Å². The van der Waals surface area contributed by atoms with Gasteiger partial charge in [0.2, 0.25) is 0 Å². The molecule has 0 bridgehead atoms. The summed E-state index contributed by atoms with van der Waals surface area (Å²) in [4.78, 5) is 0. The van der Waals surface area contributed by atoms with E-state index >= 15 is 0 Å². The Morgan fingerprint density at radius 2 is 2.31 bits per heavy atom. The molecule has 1 aromatic rings. The summed E-state index contributed by atoms with van der Waals surface area (Å²) in [6.45, 7) is 2.86. The number of hydrogen-bond acceptors (Lipinski definition) is 3. The number of benzene rings is 1. The molecule has 1 saturated heterocycles. The molecule has 1 aliphatic rings. The highest BCUT2D eigenvalue weighted by Crippen LogP contribution is 2.33. The molecule has 0 spiro atoms. The van der Waals surface area contributed by atoms with Gasteiger partial charge in [0.15, 0.2) is 0 Å². The van der Waals surface area contributed by atoms with E-state index in [0.717, 1.165) is 18.8 Å². The van der Waals surface area contributed by atoms with Crippen LogP contribution < -0.4 is 15.8 Å². The highest BCUT2D eigenvalue weighted by atomic mass is 16.5. The Morgan fingerprint density at radius 1 is 1.50 bits per heavy atom. The molecule has 1 aliphatic heterocycles. The number of ether oxygens (including phenoxy) is 1. The van der Waals surface area contributed by atoms with Crippen molar-refractivity contribution in [2.75, 3.05) is 26.7 Å². The maximum atomic E-state index is 5.92. The molecule has 3 nitrogen and oxygen atoms in total. The lowest BCUT2D eigenvalue weighted by Crippen LogP contribution is -2.24. The van der Waals surface area contributed by atoms with Gasteiger partial charge >= 0.3 is 0 Å². The molecule has 2 unspecified atom stereocenters. The van der Waals surface area contributed by atoms with Crippen LogP contribution in [-0.4, -0.2) is 26.7 Å². The van der Waals surface area contributed by atoms with Gasteiger partial charge < -0.3 is 15.8 Å². The number of nitrogens with one attached hydrogen (secondary N) is 1. The molecule has 2 atom stereocenters.